The van der Waals surface area contributed by atoms with Crippen LogP contribution >= 0.6 is 11.6 Å². The number of aromatic amines is 1. The normalized spacial score (nSPS) is 18.1. The van der Waals surface area contributed by atoms with Crippen molar-refractivity contribution in [2.24, 2.45) is 0 Å². The summed E-state index contributed by atoms with van der Waals surface area (Å²) in [5, 5.41) is 1.81. The van der Waals surface area contributed by atoms with E-state index in [0.717, 1.165) is 41.7 Å². The topological polar surface area (TPSA) is 100 Å². The van der Waals surface area contributed by atoms with E-state index in [1.165, 1.54) is 11.9 Å². The van der Waals surface area contributed by atoms with Gasteiger partial charge >= 0.3 is 5.95 Å². The number of morpholine rings is 1. The average Bonchev–Trinajstić information content (AvgIpc) is 3.26. The SMILES string of the molecule is [C-]#[N+]c1ncnc(N2CCc3c([nH]c4ccc(Cl)cc34)[C@@H]2c2cnc(N3CCOCC3)nc2)n1. The molecule has 10 nitrogen and oxygen atoms in total. The van der Waals surface area contributed by atoms with E-state index in [0.29, 0.717) is 36.7 Å². The number of aromatic nitrogens is 6. The maximum absolute atomic E-state index is 7.30. The van der Waals surface area contributed by atoms with Crippen molar-refractivity contribution in [1.82, 2.24) is 29.9 Å². The summed E-state index contributed by atoms with van der Waals surface area (Å²) >= 11 is 6.31. The third kappa shape index (κ3) is 3.59. The number of anilines is 2. The number of hydrogen-bond acceptors (Lipinski definition) is 8. The zero-order valence-electron chi connectivity index (χ0n) is 18.1. The molecule has 1 atom stereocenters. The molecule has 34 heavy (non-hydrogen) atoms. The Kier molecular flexibility index (Phi) is 5.20. The van der Waals surface area contributed by atoms with Crippen molar-refractivity contribution in [3.63, 3.8) is 0 Å². The van der Waals surface area contributed by atoms with Crippen molar-refractivity contribution in [2.75, 3.05) is 42.6 Å². The lowest BCUT2D eigenvalue weighted by Gasteiger charge is -2.35. The molecule has 0 bridgehead atoms. The summed E-state index contributed by atoms with van der Waals surface area (Å²) in [5.41, 5.74) is 4.15. The van der Waals surface area contributed by atoms with E-state index in [1.54, 1.807) is 0 Å². The Morgan fingerprint density at radius 2 is 1.88 bits per heavy atom. The summed E-state index contributed by atoms with van der Waals surface area (Å²) in [5.74, 6) is 1.20. The Morgan fingerprint density at radius 1 is 1.06 bits per heavy atom. The number of hydrogen-bond donors (Lipinski definition) is 1. The van der Waals surface area contributed by atoms with Gasteiger partial charge in [0.05, 0.1) is 13.2 Å². The standard InChI is InChI=1S/C23H20ClN9O/c1-25-21-28-13-29-23(31-21)33-5-4-16-17-10-15(24)2-3-18(17)30-19(16)20(33)14-11-26-22(27-12-14)32-6-8-34-9-7-32/h2-3,10-13,20,30H,4-9H2/t20-/m0/s1. The van der Waals surface area contributed by atoms with E-state index in [4.69, 9.17) is 22.9 Å². The molecule has 0 aliphatic carbocycles. The van der Waals surface area contributed by atoms with Crippen LogP contribution in [-0.2, 0) is 11.2 Å². The molecule has 1 saturated heterocycles. The van der Waals surface area contributed by atoms with E-state index in [1.807, 2.05) is 30.6 Å². The summed E-state index contributed by atoms with van der Waals surface area (Å²) in [6.45, 7) is 10.8. The Morgan fingerprint density at radius 3 is 2.68 bits per heavy atom. The molecule has 11 heteroatoms. The smallest absolute Gasteiger partial charge is 0.376 e. The largest absolute Gasteiger partial charge is 0.394 e. The number of fused-ring (bicyclic) bond motifs is 3. The fraction of sp³-hybridized carbons (Fsp3) is 0.304. The Hall–Kier alpha value is -3.81. The summed E-state index contributed by atoms with van der Waals surface area (Å²) in [7, 11) is 0. The van der Waals surface area contributed by atoms with Crippen LogP contribution in [0.2, 0.25) is 5.02 Å². The summed E-state index contributed by atoms with van der Waals surface area (Å²) in [6.07, 6.45) is 5.88. The molecule has 5 heterocycles. The highest BCUT2D eigenvalue weighted by Gasteiger charge is 2.35. The predicted molar refractivity (Wildman–Crippen MR) is 127 cm³/mol. The minimum atomic E-state index is -0.255. The van der Waals surface area contributed by atoms with Crippen molar-refractivity contribution < 1.29 is 4.74 Å². The fourth-order valence-electron chi connectivity index (χ4n) is 4.69. The molecule has 2 aliphatic rings. The molecular formula is C23H20ClN9O. The van der Waals surface area contributed by atoms with Gasteiger partial charge in [-0.2, -0.15) is 4.98 Å². The quantitative estimate of drug-likeness (QED) is 0.452. The number of nitrogens with one attached hydrogen (secondary N) is 1. The van der Waals surface area contributed by atoms with Crippen molar-refractivity contribution >= 4 is 40.3 Å². The van der Waals surface area contributed by atoms with E-state index >= 15 is 0 Å². The van der Waals surface area contributed by atoms with Crippen molar-refractivity contribution in [2.45, 2.75) is 12.5 Å². The second-order valence-electron chi connectivity index (χ2n) is 8.17. The molecule has 0 saturated carbocycles. The second-order valence-corrected chi connectivity index (χ2v) is 8.60. The van der Waals surface area contributed by atoms with E-state index in [9.17, 15) is 0 Å². The second kappa shape index (κ2) is 8.52. The molecule has 1 aromatic carbocycles. The number of benzene rings is 1. The number of nitrogens with zero attached hydrogens (tertiary/aromatic N) is 8. The third-order valence-corrected chi connectivity index (χ3v) is 6.50. The van der Waals surface area contributed by atoms with Crippen LogP contribution in [0.25, 0.3) is 15.7 Å². The zero-order chi connectivity index (χ0) is 23.1. The van der Waals surface area contributed by atoms with Crippen LogP contribution in [0.4, 0.5) is 17.8 Å². The van der Waals surface area contributed by atoms with Crippen LogP contribution in [-0.4, -0.2) is 62.8 Å². The van der Waals surface area contributed by atoms with Gasteiger partial charge in [-0.3, -0.25) is 0 Å². The van der Waals surface area contributed by atoms with Gasteiger partial charge < -0.3 is 24.4 Å². The average molecular weight is 474 g/mol. The lowest BCUT2D eigenvalue weighted by molar-refractivity contribution is 0.122. The van der Waals surface area contributed by atoms with Gasteiger partial charge in [0.1, 0.15) is 6.04 Å². The molecule has 0 radical (unpaired) electrons. The molecule has 170 valence electrons. The third-order valence-electron chi connectivity index (χ3n) is 6.26. The fourth-order valence-corrected chi connectivity index (χ4v) is 4.87. The van der Waals surface area contributed by atoms with Gasteiger partial charge in [-0.1, -0.05) is 11.6 Å². The zero-order valence-corrected chi connectivity index (χ0v) is 18.9. The summed E-state index contributed by atoms with van der Waals surface area (Å²) in [6, 6.07) is 5.62. The van der Waals surface area contributed by atoms with Crippen LogP contribution in [0, 0.1) is 6.57 Å². The molecule has 0 amide bonds. The molecule has 0 spiro atoms. The molecule has 1 fully saturated rings. The van der Waals surface area contributed by atoms with Gasteiger partial charge in [0.2, 0.25) is 5.95 Å². The van der Waals surface area contributed by atoms with Gasteiger partial charge in [0.15, 0.2) is 6.33 Å². The molecule has 2 aliphatic heterocycles. The van der Waals surface area contributed by atoms with Gasteiger partial charge in [-0.15, -0.1) is 16.5 Å². The number of rotatable bonds is 3. The Bertz CT molecular complexity index is 1390. The highest BCUT2D eigenvalue weighted by molar-refractivity contribution is 6.31. The summed E-state index contributed by atoms with van der Waals surface area (Å²) < 4.78 is 5.44. The van der Waals surface area contributed by atoms with E-state index in [-0.39, 0.29) is 12.0 Å². The first-order valence-corrected chi connectivity index (χ1v) is 11.4. The highest BCUT2D eigenvalue weighted by atomic mass is 35.5. The maximum atomic E-state index is 7.30. The summed E-state index contributed by atoms with van der Waals surface area (Å²) in [4.78, 5) is 33.2. The predicted octanol–water partition coefficient (Wildman–Crippen LogP) is 3.34. The van der Waals surface area contributed by atoms with Crippen LogP contribution in [0.3, 0.4) is 0 Å². The molecule has 0 unspecified atom stereocenters. The molecule has 6 rings (SSSR count). The van der Waals surface area contributed by atoms with Crippen LogP contribution in [0.15, 0.2) is 36.9 Å². The van der Waals surface area contributed by atoms with Crippen LogP contribution in [0.5, 0.6) is 0 Å². The van der Waals surface area contributed by atoms with Crippen molar-refractivity contribution in [3.05, 3.63) is 70.2 Å². The van der Waals surface area contributed by atoms with Gasteiger partial charge in [-0.05, 0) is 30.2 Å². The first kappa shape index (κ1) is 20.8. The van der Waals surface area contributed by atoms with Crippen molar-refractivity contribution in [3.8, 4) is 0 Å². The first-order valence-electron chi connectivity index (χ1n) is 11.0. The first-order chi connectivity index (χ1) is 16.7. The highest BCUT2D eigenvalue weighted by Crippen LogP contribution is 2.40. The molecule has 3 aromatic heterocycles. The van der Waals surface area contributed by atoms with E-state index in [2.05, 4.69) is 44.5 Å². The van der Waals surface area contributed by atoms with Gasteiger partial charge in [0, 0.05) is 59.2 Å². The number of halogens is 1. The molecule has 1 N–H and O–H groups in total. The van der Waals surface area contributed by atoms with Crippen LogP contribution < -0.4 is 9.80 Å². The lowest BCUT2D eigenvalue weighted by Crippen LogP contribution is -2.38. The van der Waals surface area contributed by atoms with Gasteiger partial charge in [-0.25, -0.2) is 9.97 Å². The number of ether oxygens (including phenoxy) is 1. The minimum Gasteiger partial charge on any atom is -0.394 e. The number of H-pyrrole nitrogens is 1. The lowest BCUT2D eigenvalue weighted by atomic mass is 9.94. The van der Waals surface area contributed by atoms with Gasteiger partial charge in [0.25, 0.3) is 5.95 Å². The van der Waals surface area contributed by atoms with Crippen LogP contribution in [0.1, 0.15) is 22.9 Å². The Balaban J connectivity index is 1.46. The molecular weight excluding hydrogens is 454 g/mol. The molecule has 4 aromatic rings. The minimum absolute atomic E-state index is 0.0666. The van der Waals surface area contributed by atoms with E-state index < -0.39 is 0 Å². The Labute approximate surface area is 200 Å². The van der Waals surface area contributed by atoms with Crippen molar-refractivity contribution in [1.29, 1.82) is 0 Å². The monoisotopic (exact) mass is 473 g/mol. The maximum Gasteiger partial charge on any atom is 0.376 e.